The number of hydrogen-bond donors (Lipinski definition) is 2. The zero-order valence-electron chi connectivity index (χ0n) is 13.1. The topological polar surface area (TPSA) is 76.0 Å². The fourth-order valence-corrected chi connectivity index (χ4v) is 2.67. The molecule has 2 aromatic rings. The largest absolute Gasteiger partial charge is 0.344 e. The van der Waals surface area contributed by atoms with Gasteiger partial charge < -0.3 is 10.6 Å². The lowest BCUT2D eigenvalue weighted by atomic mass is 10.1. The second kappa shape index (κ2) is 6.03. The number of halogens is 2. The van der Waals surface area contributed by atoms with Gasteiger partial charge in [-0.05, 0) is 25.5 Å². The zero-order valence-corrected chi connectivity index (χ0v) is 13.1. The summed E-state index contributed by atoms with van der Waals surface area (Å²) in [5.74, 6) is -3.06. The van der Waals surface area contributed by atoms with Crippen molar-refractivity contribution in [1.29, 1.82) is 0 Å². The van der Waals surface area contributed by atoms with Crippen molar-refractivity contribution >= 4 is 17.6 Å². The molecule has 1 aliphatic carbocycles. The van der Waals surface area contributed by atoms with Crippen LogP contribution >= 0.6 is 0 Å². The van der Waals surface area contributed by atoms with E-state index in [0.29, 0.717) is 17.9 Å². The molecule has 1 saturated carbocycles. The molecule has 1 heterocycles. The van der Waals surface area contributed by atoms with Gasteiger partial charge in [0.2, 0.25) is 0 Å². The molecule has 6 nitrogen and oxygen atoms in total. The number of anilines is 1. The Labute approximate surface area is 136 Å². The van der Waals surface area contributed by atoms with Gasteiger partial charge in [-0.1, -0.05) is 6.07 Å². The molecule has 8 heteroatoms. The quantitative estimate of drug-likeness (QED) is 0.838. The molecule has 0 unspecified atom stereocenters. The maximum atomic E-state index is 13.7. The fourth-order valence-electron chi connectivity index (χ4n) is 2.67. The van der Waals surface area contributed by atoms with Crippen LogP contribution in [0.4, 0.5) is 14.6 Å². The minimum atomic E-state index is -0.849. The summed E-state index contributed by atoms with van der Waals surface area (Å²) in [6, 6.07) is 4.80. The van der Waals surface area contributed by atoms with Crippen molar-refractivity contribution in [1.82, 2.24) is 15.1 Å². The molecule has 0 radical (unpaired) electrons. The molecule has 126 valence electrons. The van der Waals surface area contributed by atoms with E-state index in [1.165, 1.54) is 22.9 Å². The van der Waals surface area contributed by atoms with Crippen LogP contribution < -0.4 is 10.6 Å². The molecule has 1 aromatic carbocycles. The van der Waals surface area contributed by atoms with Crippen molar-refractivity contribution in [2.45, 2.75) is 25.3 Å². The number of benzene rings is 1. The number of hydrogen-bond acceptors (Lipinski definition) is 3. The van der Waals surface area contributed by atoms with E-state index < -0.39 is 35.4 Å². The highest BCUT2D eigenvalue weighted by Crippen LogP contribution is 2.43. The molecule has 0 bridgehead atoms. The van der Waals surface area contributed by atoms with Gasteiger partial charge in [0.15, 0.2) is 0 Å². The Morgan fingerprint density at radius 2 is 1.92 bits per heavy atom. The van der Waals surface area contributed by atoms with E-state index in [9.17, 15) is 18.4 Å². The van der Waals surface area contributed by atoms with Gasteiger partial charge in [-0.3, -0.25) is 14.3 Å². The van der Waals surface area contributed by atoms with E-state index in [1.54, 1.807) is 20.0 Å². The van der Waals surface area contributed by atoms with Crippen molar-refractivity contribution in [2.24, 2.45) is 7.05 Å². The lowest BCUT2D eigenvalue weighted by molar-refractivity contribution is -0.136. The van der Waals surface area contributed by atoms with Gasteiger partial charge >= 0.3 is 11.8 Å². The smallest absolute Gasteiger partial charge is 0.314 e. The van der Waals surface area contributed by atoms with Crippen molar-refractivity contribution in [3.8, 4) is 0 Å². The summed E-state index contributed by atoms with van der Waals surface area (Å²) in [7, 11) is 1.64. The molecule has 2 atom stereocenters. The molecule has 24 heavy (non-hydrogen) atoms. The Morgan fingerprint density at radius 3 is 2.50 bits per heavy atom. The van der Waals surface area contributed by atoms with Crippen molar-refractivity contribution < 1.29 is 18.4 Å². The molecule has 1 aromatic heterocycles. The minimum absolute atomic E-state index is 0.0505. The Hall–Kier alpha value is -2.77. The van der Waals surface area contributed by atoms with E-state index in [2.05, 4.69) is 15.7 Å². The molecule has 2 N–H and O–H groups in total. The predicted octanol–water partition coefficient (Wildman–Crippen LogP) is 1.62. The molecule has 3 rings (SSSR count). The lowest BCUT2D eigenvalue weighted by Gasteiger charge is -2.07. The summed E-state index contributed by atoms with van der Waals surface area (Å²) < 4.78 is 28.8. The number of amides is 2. The second-order valence-electron chi connectivity index (χ2n) is 5.81. The molecular weight excluding hydrogens is 318 g/mol. The molecule has 2 amide bonds. The first-order valence-electron chi connectivity index (χ1n) is 7.43. The van der Waals surface area contributed by atoms with Crippen LogP contribution in [0, 0.1) is 18.6 Å². The molecule has 0 saturated heterocycles. The summed E-state index contributed by atoms with van der Waals surface area (Å²) in [5, 5.41) is 8.99. The van der Waals surface area contributed by atoms with Gasteiger partial charge in [-0.25, -0.2) is 8.78 Å². The average Bonchev–Trinajstić information content (AvgIpc) is 3.16. The first-order chi connectivity index (χ1) is 11.4. The average molecular weight is 334 g/mol. The van der Waals surface area contributed by atoms with Gasteiger partial charge in [0.1, 0.15) is 17.5 Å². The third kappa shape index (κ3) is 3.12. The number of aryl methyl sites for hydroxylation is 2. The van der Waals surface area contributed by atoms with Crippen molar-refractivity contribution in [3.05, 3.63) is 47.2 Å². The molecule has 1 aliphatic rings. The van der Waals surface area contributed by atoms with Gasteiger partial charge in [-0.2, -0.15) is 5.10 Å². The Morgan fingerprint density at radius 1 is 1.25 bits per heavy atom. The molecular formula is C16H16F2N4O2. The monoisotopic (exact) mass is 334 g/mol. The lowest BCUT2D eigenvalue weighted by Crippen LogP contribution is -2.37. The third-order valence-corrected chi connectivity index (χ3v) is 3.93. The van der Waals surface area contributed by atoms with Crippen LogP contribution in [0.3, 0.4) is 0 Å². The summed E-state index contributed by atoms with van der Waals surface area (Å²) in [5.41, 5.74) is 0.649. The summed E-state index contributed by atoms with van der Waals surface area (Å²) in [6.45, 7) is 1.76. The summed E-state index contributed by atoms with van der Waals surface area (Å²) in [6.07, 6.45) is 0.391. The molecule has 0 aliphatic heterocycles. The van der Waals surface area contributed by atoms with Crippen LogP contribution in [0.25, 0.3) is 0 Å². The first kappa shape index (κ1) is 16.1. The number of nitrogens with zero attached hydrogens (tertiary/aromatic N) is 2. The zero-order chi connectivity index (χ0) is 17.4. The number of aromatic nitrogens is 2. The van der Waals surface area contributed by atoms with Gasteiger partial charge in [0.05, 0.1) is 5.69 Å². The van der Waals surface area contributed by atoms with E-state index >= 15 is 0 Å². The van der Waals surface area contributed by atoms with E-state index in [-0.39, 0.29) is 5.56 Å². The van der Waals surface area contributed by atoms with E-state index in [4.69, 9.17) is 0 Å². The normalized spacial score (nSPS) is 19.0. The van der Waals surface area contributed by atoms with Crippen LogP contribution in [-0.4, -0.2) is 27.6 Å². The highest BCUT2D eigenvalue weighted by molar-refractivity contribution is 6.39. The van der Waals surface area contributed by atoms with Gasteiger partial charge in [0, 0.05) is 30.6 Å². The van der Waals surface area contributed by atoms with Crippen LogP contribution in [0.15, 0.2) is 24.3 Å². The summed E-state index contributed by atoms with van der Waals surface area (Å²) in [4.78, 5) is 23.8. The highest BCUT2D eigenvalue weighted by atomic mass is 19.1. The number of rotatable bonds is 3. The standard InChI is InChI=1S/C16H16F2N4O2/c1-8-6-13(22(2)21-8)20-16(24)15(23)19-12-7-9(12)14-10(17)4-3-5-11(14)18/h3-6,9,12H,7H2,1-2H3,(H,19,23)(H,20,24)/t9-,12-/m1/s1. The Balaban J connectivity index is 1.60. The third-order valence-electron chi connectivity index (χ3n) is 3.93. The number of carbonyl (C=O) groups excluding carboxylic acids is 2. The number of nitrogens with one attached hydrogen (secondary N) is 2. The maximum absolute atomic E-state index is 13.7. The second-order valence-corrected chi connectivity index (χ2v) is 5.81. The van der Waals surface area contributed by atoms with Crippen molar-refractivity contribution in [3.63, 3.8) is 0 Å². The van der Waals surface area contributed by atoms with Gasteiger partial charge in [0.25, 0.3) is 0 Å². The van der Waals surface area contributed by atoms with Crippen LogP contribution in [0.2, 0.25) is 0 Å². The van der Waals surface area contributed by atoms with Crippen LogP contribution in [0.5, 0.6) is 0 Å². The maximum Gasteiger partial charge on any atom is 0.314 e. The summed E-state index contributed by atoms with van der Waals surface area (Å²) >= 11 is 0. The van der Waals surface area contributed by atoms with Crippen LogP contribution in [-0.2, 0) is 16.6 Å². The molecule has 1 fully saturated rings. The van der Waals surface area contributed by atoms with E-state index in [0.717, 1.165) is 0 Å². The first-order valence-corrected chi connectivity index (χ1v) is 7.43. The Kier molecular flexibility index (Phi) is 4.04. The SMILES string of the molecule is Cc1cc(NC(=O)C(=O)N[C@@H]2C[C@H]2c2c(F)cccc2F)n(C)n1. The van der Waals surface area contributed by atoms with Crippen LogP contribution in [0.1, 0.15) is 23.6 Å². The minimum Gasteiger partial charge on any atom is -0.344 e. The van der Waals surface area contributed by atoms with Crippen molar-refractivity contribution in [2.75, 3.05) is 5.32 Å². The Bertz CT molecular complexity index is 798. The van der Waals surface area contributed by atoms with Gasteiger partial charge in [-0.15, -0.1) is 0 Å². The number of carbonyl (C=O) groups is 2. The highest BCUT2D eigenvalue weighted by Gasteiger charge is 2.43. The van der Waals surface area contributed by atoms with E-state index in [1.807, 2.05) is 0 Å². The fraction of sp³-hybridized carbons (Fsp3) is 0.312. The predicted molar refractivity (Wildman–Crippen MR) is 82.2 cm³/mol. The molecule has 0 spiro atoms.